The number of amides is 2. The molecule has 3 heterocycles. The van der Waals surface area contributed by atoms with E-state index in [1.165, 1.54) is 231 Å². The van der Waals surface area contributed by atoms with Crippen LogP contribution < -0.4 is 10.6 Å². The van der Waals surface area contributed by atoms with Crippen molar-refractivity contribution in [1.29, 1.82) is 0 Å². The van der Waals surface area contributed by atoms with Crippen LogP contribution in [0.25, 0.3) is 0 Å². The number of carboxylic acids is 1. The van der Waals surface area contributed by atoms with Crippen molar-refractivity contribution < 1.29 is 104 Å². The first-order valence-corrected chi connectivity index (χ1v) is 41.9. The zero-order valence-electron chi connectivity index (χ0n) is 65.1. The van der Waals surface area contributed by atoms with E-state index in [1.54, 1.807) is 6.08 Å². The van der Waals surface area contributed by atoms with Crippen LogP contribution in [0.15, 0.2) is 36.5 Å². The summed E-state index contributed by atoms with van der Waals surface area (Å²) in [4.78, 5) is 38.7. The maximum Gasteiger partial charge on any atom is 0.364 e. The Morgan fingerprint density at radius 2 is 0.924 bits per heavy atom. The van der Waals surface area contributed by atoms with Crippen molar-refractivity contribution in [3.8, 4) is 0 Å². The van der Waals surface area contributed by atoms with Gasteiger partial charge in [0.05, 0.1) is 50.7 Å². The largest absolute Gasteiger partial charge is 0.477 e. The quantitative estimate of drug-likeness (QED) is 0.0199. The van der Waals surface area contributed by atoms with Crippen LogP contribution in [0.2, 0.25) is 0 Å². The molecule has 14 N–H and O–H groups in total. The van der Waals surface area contributed by atoms with Gasteiger partial charge in [0.15, 0.2) is 12.6 Å². The number of carbonyl (C=O) groups is 3. The molecule has 614 valence electrons. The van der Waals surface area contributed by atoms with Gasteiger partial charge in [-0.15, -0.1) is 0 Å². The Bertz CT molecular complexity index is 2230. The smallest absolute Gasteiger partial charge is 0.364 e. The molecule has 23 nitrogen and oxygen atoms in total. The Morgan fingerprint density at radius 3 is 1.34 bits per heavy atom. The molecule has 0 aromatic carbocycles. The normalized spacial score (nSPS) is 26.4. The van der Waals surface area contributed by atoms with Crippen LogP contribution in [0.1, 0.15) is 329 Å². The van der Waals surface area contributed by atoms with Crippen molar-refractivity contribution in [1.82, 2.24) is 10.6 Å². The molecule has 0 radical (unpaired) electrons. The highest BCUT2D eigenvalue weighted by Gasteiger charge is 2.60. The van der Waals surface area contributed by atoms with Crippen molar-refractivity contribution in [3.63, 3.8) is 0 Å². The lowest BCUT2D eigenvalue weighted by Gasteiger charge is -2.50. The molecule has 18 atom stereocenters. The summed E-state index contributed by atoms with van der Waals surface area (Å²) in [5.41, 5.74) is 0. The van der Waals surface area contributed by atoms with Gasteiger partial charge in [-0.3, -0.25) is 9.59 Å². The summed E-state index contributed by atoms with van der Waals surface area (Å²) in [6.45, 7) is 2.18. The molecule has 0 aliphatic carbocycles. The number of aliphatic hydroxyl groups is 11. The molecule has 3 aliphatic heterocycles. The minimum absolute atomic E-state index is 0.202. The number of carboxylic acid groups (broad SMARTS) is 1. The number of hydrogen-bond acceptors (Lipinski definition) is 20. The van der Waals surface area contributed by atoms with Crippen molar-refractivity contribution in [2.45, 2.75) is 439 Å². The Kier molecular flexibility index (Phi) is 55.5. The molecule has 0 saturated carbocycles. The van der Waals surface area contributed by atoms with Crippen molar-refractivity contribution >= 4 is 17.8 Å². The molecule has 0 spiro atoms. The van der Waals surface area contributed by atoms with Crippen LogP contribution in [-0.4, -0.2) is 215 Å². The van der Waals surface area contributed by atoms with Crippen LogP contribution in [0.3, 0.4) is 0 Å². The molecule has 23 heteroatoms. The molecular formula is C82H150N2O21. The Hall–Kier alpha value is -3.05. The van der Waals surface area contributed by atoms with E-state index < -0.39 is 155 Å². The van der Waals surface area contributed by atoms with Crippen molar-refractivity contribution in [2.75, 3.05) is 26.4 Å². The molecule has 3 rings (SSSR count). The standard InChI is InChI=1S/C82H150N2O21/c1-4-6-8-10-12-14-16-18-20-22-24-25-26-27-28-29-30-31-32-33-34-35-36-37-38-40-42-44-46-48-50-52-54-56-69(92)84-63(64(89)55-53-51-49-47-45-43-41-39-23-21-19-17-15-13-11-9-7-5-2)61-100-79-74(96)73(95)76(68(60-87)102-79)103-80-75(97)78(72(94)67(59-86)101-80)105-82(81(98)99)57-65(90)70(83-62(3)88)77(104-82)71(93)66(91)58-85/h24-25,27-28,53,55,63-68,70-80,85-87,89-91,93-97H,4-23,26,29-52,54,56-61H2,1-3H3,(H,83,88)(H,84,92)(H,98,99)/b25-24-,28-27-,55-53+. The van der Waals surface area contributed by atoms with Crippen LogP contribution in [0.5, 0.6) is 0 Å². The van der Waals surface area contributed by atoms with Crippen molar-refractivity contribution in [3.05, 3.63) is 36.5 Å². The summed E-state index contributed by atoms with van der Waals surface area (Å²) in [6.07, 6.45) is 40.5. The average Bonchev–Trinajstić information content (AvgIpc) is 0.755. The molecule has 105 heavy (non-hydrogen) atoms. The van der Waals surface area contributed by atoms with Gasteiger partial charge in [-0.1, -0.05) is 294 Å². The second kappa shape index (κ2) is 60.6. The molecule has 18 unspecified atom stereocenters. The number of carbonyl (C=O) groups excluding carboxylic acids is 2. The van der Waals surface area contributed by atoms with Gasteiger partial charge in [0.2, 0.25) is 11.8 Å². The Balaban J connectivity index is 1.47. The van der Waals surface area contributed by atoms with E-state index in [0.717, 1.165) is 58.3 Å². The van der Waals surface area contributed by atoms with Gasteiger partial charge in [-0.25, -0.2) is 4.79 Å². The average molecular weight is 1500 g/mol. The summed E-state index contributed by atoms with van der Waals surface area (Å²) in [7, 11) is 0. The third-order valence-corrected chi connectivity index (χ3v) is 21.1. The monoisotopic (exact) mass is 1500 g/mol. The number of allylic oxidation sites excluding steroid dienone is 5. The van der Waals surface area contributed by atoms with Gasteiger partial charge in [-0.2, -0.15) is 0 Å². The zero-order chi connectivity index (χ0) is 76.7. The van der Waals surface area contributed by atoms with E-state index in [4.69, 9.17) is 28.4 Å². The lowest BCUT2D eigenvalue weighted by atomic mass is 9.88. The first kappa shape index (κ1) is 96.2. The lowest BCUT2D eigenvalue weighted by Crippen LogP contribution is -2.70. The van der Waals surface area contributed by atoms with E-state index in [2.05, 4.69) is 48.8 Å². The minimum Gasteiger partial charge on any atom is -0.477 e. The third-order valence-electron chi connectivity index (χ3n) is 21.1. The predicted molar refractivity (Wildman–Crippen MR) is 407 cm³/mol. The Morgan fingerprint density at radius 1 is 0.505 bits per heavy atom. The van der Waals surface area contributed by atoms with Gasteiger partial charge in [-0.05, 0) is 51.4 Å². The molecule has 3 saturated heterocycles. The lowest BCUT2D eigenvalue weighted by molar-refractivity contribution is -0.386. The highest BCUT2D eigenvalue weighted by atomic mass is 16.8. The van der Waals surface area contributed by atoms with E-state index in [9.17, 15) is 75.7 Å². The third kappa shape index (κ3) is 40.6. The van der Waals surface area contributed by atoms with E-state index in [-0.39, 0.29) is 12.3 Å². The number of ether oxygens (including phenoxy) is 6. The molecule has 0 bridgehead atoms. The number of nitrogens with one attached hydrogen (secondary N) is 2. The van der Waals surface area contributed by atoms with Gasteiger partial charge >= 0.3 is 5.97 Å². The number of rotatable bonds is 66. The van der Waals surface area contributed by atoms with Crippen LogP contribution in [0, 0.1) is 0 Å². The summed E-state index contributed by atoms with van der Waals surface area (Å²) < 4.78 is 34.9. The number of unbranched alkanes of at least 4 members (excludes halogenated alkanes) is 42. The molecule has 3 fully saturated rings. The summed E-state index contributed by atoms with van der Waals surface area (Å²) in [5, 5.41) is 136. The van der Waals surface area contributed by atoms with Crippen LogP contribution in [-0.2, 0) is 42.8 Å². The SMILES string of the molecule is CCCCCCCCCCC/C=C\C/C=C\CCCCCCCCCCCCCCCCCCCC(=O)NC(COC1OC(CO)C(OC2OC(CO)C(O)C(OC3(C(=O)O)CC(O)C(NC(C)=O)C(C(O)C(O)CO)O3)C2O)C(O)C1O)C(O)/C=C/CCCCCCCCCCCCCCCCCC. The fourth-order valence-corrected chi connectivity index (χ4v) is 14.4. The van der Waals surface area contributed by atoms with E-state index >= 15 is 0 Å². The van der Waals surface area contributed by atoms with Gasteiger partial charge in [0, 0.05) is 19.8 Å². The summed E-state index contributed by atoms with van der Waals surface area (Å²) in [6, 6.07) is -2.62. The zero-order valence-corrected chi connectivity index (χ0v) is 65.1. The second-order valence-corrected chi connectivity index (χ2v) is 30.3. The number of hydrogen-bond donors (Lipinski definition) is 14. The predicted octanol–water partition coefficient (Wildman–Crippen LogP) is 11.7. The molecule has 3 aliphatic rings. The number of aliphatic hydroxyl groups excluding tert-OH is 11. The molecule has 2 amide bonds. The van der Waals surface area contributed by atoms with Crippen molar-refractivity contribution in [2.24, 2.45) is 0 Å². The van der Waals surface area contributed by atoms with E-state index in [0.29, 0.717) is 12.8 Å². The summed E-state index contributed by atoms with van der Waals surface area (Å²) >= 11 is 0. The van der Waals surface area contributed by atoms with Crippen LogP contribution in [0.4, 0.5) is 0 Å². The molecular weight excluding hydrogens is 1350 g/mol. The minimum atomic E-state index is -3.08. The fraction of sp³-hybridized carbons (Fsp3) is 0.890. The molecule has 0 aromatic rings. The van der Waals surface area contributed by atoms with Gasteiger partial charge in [0.25, 0.3) is 5.79 Å². The topological polar surface area (TPSA) is 373 Å². The molecule has 0 aromatic heterocycles. The number of aliphatic carboxylic acids is 1. The maximum absolute atomic E-state index is 13.5. The first-order chi connectivity index (χ1) is 50.9. The fourth-order valence-electron chi connectivity index (χ4n) is 14.4. The second-order valence-electron chi connectivity index (χ2n) is 30.3. The highest BCUT2D eigenvalue weighted by Crippen LogP contribution is 2.39. The van der Waals surface area contributed by atoms with Gasteiger partial charge < -0.3 is 100 Å². The van der Waals surface area contributed by atoms with E-state index in [1.807, 2.05) is 6.08 Å². The Labute approximate surface area is 631 Å². The summed E-state index contributed by atoms with van der Waals surface area (Å²) in [5.74, 6) is -6.14. The van der Waals surface area contributed by atoms with Crippen LogP contribution >= 0.6 is 0 Å². The highest BCUT2D eigenvalue weighted by molar-refractivity contribution is 5.77. The first-order valence-electron chi connectivity index (χ1n) is 41.9. The van der Waals surface area contributed by atoms with Gasteiger partial charge in [0.1, 0.15) is 67.1 Å². The maximum atomic E-state index is 13.5.